The molecule has 1 heterocycles. The van der Waals surface area contributed by atoms with E-state index in [0.29, 0.717) is 6.42 Å². The molecule has 2 aromatic rings. The van der Waals surface area contributed by atoms with Crippen molar-refractivity contribution in [1.82, 2.24) is 15.2 Å². The first-order chi connectivity index (χ1) is 10.0. The topological polar surface area (TPSA) is 65.0 Å². The van der Waals surface area contributed by atoms with Gasteiger partial charge in [0.25, 0.3) is 0 Å². The molecule has 1 aromatic carbocycles. The van der Waals surface area contributed by atoms with Crippen molar-refractivity contribution in [1.29, 1.82) is 0 Å². The van der Waals surface area contributed by atoms with Gasteiger partial charge >= 0.3 is 6.01 Å². The molecule has 0 amide bonds. The van der Waals surface area contributed by atoms with Crippen molar-refractivity contribution >= 4 is 5.78 Å². The van der Waals surface area contributed by atoms with E-state index in [9.17, 15) is 9.18 Å². The highest BCUT2D eigenvalue weighted by Crippen LogP contribution is 2.23. The van der Waals surface area contributed by atoms with Crippen LogP contribution in [0.15, 0.2) is 18.2 Å². The average Bonchev–Trinajstić information content (AvgIpc) is 2.48. The van der Waals surface area contributed by atoms with E-state index < -0.39 is 5.82 Å². The molecular weight excluding hydrogens is 273 g/mol. The Bertz CT molecular complexity index is 674. The number of carbonyl (C=O) groups is 1. The highest BCUT2D eigenvalue weighted by molar-refractivity contribution is 5.94. The van der Waals surface area contributed by atoms with Gasteiger partial charge in [0.15, 0.2) is 17.3 Å². The first-order valence-electron chi connectivity index (χ1n) is 6.76. The summed E-state index contributed by atoms with van der Waals surface area (Å²) in [5, 5.41) is 7.86. The van der Waals surface area contributed by atoms with Crippen molar-refractivity contribution in [2.45, 2.75) is 33.6 Å². The lowest BCUT2D eigenvalue weighted by atomic mass is 10.1. The van der Waals surface area contributed by atoms with Gasteiger partial charge in [0.2, 0.25) is 0 Å². The molecule has 6 heteroatoms. The summed E-state index contributed by atoms with van der Waals surface area (Å²) in [5.74, 6) is -0.879. The Hall–Kier alpha value is -2.37. The number of Topliss-reactive ketones (excluding diaryl/α,β-unsaturated/α-hetero) is 1. The van der Waals surface area contributed by atoms with E-state index in [1.165, 1.54) is 19.1 Å². The van der Waals surface area contributed by atoms with Crippen LogP contribution in [0.25, 0.3) is 0 Å². The van der Waals surface area contributed by atoms with Gasteiger partial charge in [-0.2, -0.15) is 4.98 Å². The maximum atomic E-state index is 13.9. The summed E-state index contributed by atoms with van der Waals surface area (Å²) < 4.78 is 19.2. The van der Waals surface area contributed by atoms with Crippen molar-refractivity contribution < 1.29 is 13.9 Å². The van der Waals surface area contributed by atoms with Gasteiger partial charge in [-0.3, -0.25) is 4.79 Å². The third-order valence-electron chi connectivity index (χ3n) is 3.03. The minimum Gasteiger partial charge on any atom is -0.420 e. The fourth-order valence-corrected chi connectivity index (χ4v) is 1.87. The molecule has 110 valence electrons. The van der Waals surface area contributed by atoms with Crippen LogP contribution in [0, 0.1) is 5.82 Å². The zero-order valence-electron chi connectivity index (χ0n) is 12.2. The summed E-state index contributed by atoms with van der Waals surface area (Å²) >= 11 is 0. The molecule has 21 heavy (non-hydrogen) atoms. The third kappa shape index (κ3) is 3.39. The molecular formula is C15H16FN3O2. The molecule has 0 saturated carbocycles. The minimum atomic E-state index is -0.635. The molecule has 0 radical (unpaired) electrons. The average molecular weight is 289 g/mol. The van der Waals surface area contributed by atoms with Gasteiger partial charge in [-0.05, 0) is 38.0 Å². The van der Waals surface area contributed by atoms with Crippen LogP contribution in [0.4, 0.5) is 4.39 Å². The Morgan fingerprint density at radius 2 is 1.90 bits per heavy atom. The van der Waals surface area contributed by atoms with Crippen LogP contribution in [0.5, 0.6) is 11.8 Å². The first kappa shape index (κ1) is 15.0. The number of nitrogens with zero attached hydrogens (tertiary/aromatic N) is 3. The van der Waals surface area contributed by atoms with Gasteiger partial charge in [-0.15, -0.1) is 5.10 Å². The lowest BCUT2D eigenvalue weighted by molar-refractivity contribution is 0.101. The largest absolute Gasteiger partial charge is 0.420 e. The fourth-order valence-electron chi connectivity index (χ4n) is 1.87. The van der Waals surface area contributed by atoms with Gasteiger partial charge in [0.1, 0.15) is 0 Å². The molecule has 0 fully saturated rings. The van der Waals surface area contributed by atoms with Crippen molar-refractivity contribution in [2.24, 2.45) is 0 Å². The Labute approximate surface area is 122 Å². The smallest absolute Gasteiger partial charge is 0.341 e. The Morgan fingerprint density at radius 3 is 2.48 bits per heavy atom. The molecule has 0 N–H and O–H groups in total. The molecule has 5 nitrogen and oxygen atoms in total. The number of benzene rings is 1. The molecule has 2 rings (SSSR count). The standard InChI is InChI=1S/C15H16FN3O2/c1-4-12-13(5-2)18-19-15(17-12)21-14-7-6-10(9(3)20)8-11(14)16/h6-8H,4-5H2,1-3H3. The van der Waals surface area contributed by atoms with E-state index in [1.54, 1.807) is 0 Å². The summed E-state index contributed by atoms with van der Waals surface area (Å²) in [7, 11) is 0. The number of ketones is 1. The highest BCUT2D eigenvalue weighted by Gasteiger charge is 2.12. The van der Waals surface area contributed by atoms with Gasteiger partial charge < -0.3 is 4.74 Å². The Balaban J connectivity index is 2.28. The van der Waals surface area contributed by atoms with E-state index in [2.05, 4.69) is 15.2 Å². The molecule has 0 aliphatic rings. The van der Waals surface area contributed by atoms with Gasteiger partial charge in [-0.25, -0.2) is 4.39 Å². The van der Waals surface area contributed by atoms with Crippen LogP contribution in [0.3, 0.4) is 0 Å². The zero-order valence-corrected chi connectivity index (χ0v) is 12.2. The molecule has 0 saturated heterocycles. The number of rotatable bonds is 5. The Kier molecular flexibility index (Phi) is 4.57. The van der Waals surface area contributed by atoms with Crippen LogP contribution in [-0.4, -0.2) is 21.0 Å². The minimum absolute atomic E-state index is 0.00137. The van der Waals surface area contributed by atoms with Crippen LogP contribution in [-0.2, 0) is 12.8 Å². The van der Waals surface area contributed by atoms with Crippen LogP contribution >= 0.6 is 0 Å². The molecule has 0 bridgehead atoms. The first-order valence-corrected chi connectivity index (χ1v) is 6.76. The number of carbonyl (C=O) groups excluding carboxylic acids is 1. The van der Waals surface area contributed by atoms with Crippen molar-refractivity contribution in [3.63, 3.8) is 0 Å². The zero-order chi connectivity index (χ0) is 15.4. The number of halogens is 1. The van der Waals surface area contributed by atoms with Crippen molar-refractivity contribution in [2.75, 3.05) is 0 Å². The highest BCUT2D eigenvalue weighted by atomic mass is 19.1. The maximum absolute atomic E-state index is 13.9. The van der Waals surface area contributed by atoms with Crippen molar-refractivity contribution in [3.8, 4) is 11.8 Å². The second kappa shape index (κ2) is 6.39. The van der Waals surface area contributed by atoms with Gasteiger partial charge in [-0.1, -0.05) is 18.9 Å². The normalized spacial score (nSPS) is 10.5. The van der Waals surface area contributed by atoms with Crippen molar-refractivity contribution in [3.05, 3.63) is 41.0 Å². The summed E-state index contributed by atoms with van der Waals surface area (Å²) in [6.07, 6.45) is 1.42. The molecule has 0 unspecified atom stereocenters. The second-order valence-electron chi connectivity index (χ2n) is 4.50. The SMILES string of the molecule is CCc1nnc(Oc2ccc(C(C)=O)cc2F)nc1CC. The summed E-state index contributed by atoms with van der Waals surface area (Å²) in [5.41, 5.74) is 1.87. The predicted molar refractivity (Wildman–Crippen MR) is 75.1 cm³/mol. The van der Waals surface area contributed by atoms with E-state index >= 15 is 0 Å². The molecule has 1 aromatic heterocycles. The summed E-state index contributed by atoms with van der Waals surface area (Å²) in [6.45, 7) is 5.29. The summed E-state index contributed by atoms with van der Waals surface area (Å²) in [6, 6.07) is 4.01. The number of ether oxygens (including phenoxy) is 1. The molecule has 0 spiro atoms. The van der Waals surface area contributed by atoms with Crippen LogP contribution in [0.2, 0.25) is 0 Å². The van der Waals surface area contributed by atoms with E-state index in [-0.39, 0.29) is 23.1 Å². The van der Waals surface area contributed by atoms with E-state index in [0.717, 1.165) is 23.9 Å². The van der Waals surface area contributed by atoms with Gasteiger partial charge in [0.05, 0.1) is 11.4 Å². The Morgan fingerprint density at radius 1 is 1.19 bits per heavy atom. The molecule has 0 atom stereocenters. The lowest BCUT2D eigenvalue weighted by Gasteiger charge is -2.08. The maximum Gasteiger partial charge on any atom is 0.341 e. The van der Waals surface area contributed by atoms with E-state index in [4.69, 9.17) is 4.74 Å². The number of hydrogen-bond donors (Lipinski definition) is 0. The number of aryl methyl sites for hydroxylation is 2. The van der Waals surface area contributed by atoms with E-state index in [1.807, 2.05) is 13.8 Å². The van der Waals surface area contributed by atoms with Crippen LogP contribution in [0.1, 0.15) is 42.5 Å². The third-order valence-corrected chi connectivity index (χ3v) is 3.03. The van der Waals surface area contributed by atoms with Gasteiger partial charge in [0, 0.05) is 5.56 Å². The predicted octanol–water partition coefficient (Wildman–Crippen LogP) is 3.13. The lowest BCUT2D eigenvalue weighted by Crippen LogP contribution is -2.05. The quantitative estimate of drug-likeness (QED) is 0.791. The second-order valence-corrected chi connectivity index (χ2v) is 4.50. The summed E-state index contributed by atoms with van der Waals surface area (Å²) in [4.78, 5) is 15.4. The van der Waals surface area contributed by atoms with Crippen LogP contribution < -0.4 is 4.74 Å². The fraction of sp³-hybridized carbons (Fsp3) is 0.333. The number of hydrogen-bond acceptors (Lipinski definition) is 5. The number of aromatic nitrogens is 3. The monoisotopic (exact) mass is 289 g/mol. The molecule has 0 aliphatic carbocycles. The molecule has 0 aliphatic heterocycles.